The van der Waals surface area contributed by atoms with E-state index in [1.54, 1.807) is 0 Å². The van der Waals surface area contributed by atoms with Gasteiger partial charge in [-0.05, 0) is 48.3 Å². The summed E-state index contributed by atoms with van der Waals surface area (Å²) in [6, 6.07) is 8.59. The highest BCUT2D eigenvalue weighted by Crippen LogP contribution is 2.36. The summed E-state index contributed by atoms with van der Waals surface area (Å²) in [6.07, 6.45) is 2.45. The predicted molar refractivity (Wildman–Crippen MR) is 85.9 cm³/mol. The third-order valence-electron chi connectivity index (χ3n) is 3.99. The molecule has 1 N–H and O–H groups in total. The Hall–Kier alpha value is -1.13. The maximum Gasteiger partial charge on any atom is 0.0824 e. The first-order chi connectivity index (χ1) is 9.66. The van der Waals surface area contributed by atoms with Crippen molar-refractivity contribution in [3.8, 4) is 11.3 Å². The van der Waals surface area contributed by atoms with Crippen LogP contribution < -0.4 is 5.32 Å². The van der Waals surface area contributed by atoms with Crippen LogP contribution in [0, 0.1) is 6.92 Å². The number of hydrogen-bond donors (Lipinski definition) is 1. The second-order valence-electron chi connectivity index (χ2n) is 5.58. The van der Waals surface area contributed by atoms with Gasteiger partial charge in [0, 0.05) is 25.1 Å². The SMILES string of the molecule is Cc1cccc(-c2c(Br)c(C3CCCNC3)nn2C)c1. The van der Waals surface area contributed by atoms with Gasteiger partial charge in [-0.2, -0.15) is 5.10 Å². The summed E-state index contributed by atoms with van der Waals surface area (Å²) in [7, 11) is 2.03. The fraction of sp³-hybridized carbons (Fsp3) is 0.438. The van der Waals surface area contributed by atoms with Crippen molar-refractivity contribution in [3.05, 3.63) is 40.0 Å². The molecule has 1 aliphatic rings. The van der Waals surface area contributed by atoms with Crippen LogP contribution in [-0.2, 0) is 7.05 Å². The summed E-state index contributed by atoms with van der Waals surface area (Å²) < 4.78 is 3.15. The molecule has 0 bridgehead atoms. The Morgan fingerprint density at radius 1 is 1.40 bits per heavy atom. The lowest BCUT2D eigenvalue weighted by atomic mass is 9.95. The van der Waals surface area contributed by atoms with Crippen molar-refractivity contribution in [2.24, 2.45) is 7.05 Å². The fourth-order valence-corrected chi connectivity index (χ4v) is 3.86. The van der Waals surface area contributed by atoms with E-state index in [0.29, 0.717) is 5.92 Å². The minimum absolute atomic E-state index is 0.517. The minimum Gasteiger partial charge on any atom is -0.316 e. The van der Waals surface area contributed by atoms with Gasteiger partial charge in [0.1, 0.15) is 0 Å². The van der Waals surface area contributed by atoms with Crippen LogP contribution in [0.2, 0.25) is 0 Å². The Balaban J connectivity index is 2.02. The standard InChI is InChI=1S/C16H20BrN3/c1-11-5-3-6-12(9-11)16-14(17)15(19-20(16)2)13-7-4-8-18-10-13/h3,5-6,9,13,18H,4,7-8,10H2,1-2H3. The fourth-order valence-electron chi connectivity index (χ4n) is 2.97. The molecule has 1 aromatic heterocycles. The molecular weight excluding hydrogens is 314 g/mol. The maximum absolute atomic E-state index is 4.77. The zero-order chi connectivity index (χ0) is 14.1. The lowest BCUT2D eigenvalue weighted by Crippen LogP contribution is -2.28. The van der Waals surface area contributed by atoms with Gasteiger partial charge in [-0.1, -0.05) is 23.8 Å². The number of rotatable bonds is 2. The highest BCUT2D eigenvalue weighted by molar-refractivity contribution is 9.10. The van der Waals surface area contributed by atoms with E-state index in [2.05, 4.69) is 52.4 Å². The van der Waals surface area contributed by atoms with Crippen molar-refractivity contribution < 1.29 is 0 Å². The number of nitrogens with one attached hydrogen (secondary N) is 1. The first-order valence-corrected chi connectivity index (χ1v) is 7.96. The van der Waals surface area contributed by atoms with Crippen LogP contribution in [-0.4, -0.2) is 22.9 Å². The Morgan fingerprint density at radius 3 is 2.95 bits per heavy atom. The zero-order valence-electron chi connectivity index (χ0n) is 12.0. The molecule has 1 unspecified atom stereocenters. The van der Waals surface area contributed by atoms with Gasteiger partial charge in [-0.3, -0.25) is 4.68 Å². The first kappa shape index (κ1) is 13.8. The number of aryl methyl sites for hydroxylation is 2. The molecule has 0 amide bonds. The molecular formula is C16H20BrN3. The van der Waals surface area contributed by atoms with Crippen molar-refractivity contribution in [2.75, 3.05) is 13.1 Å². The van der Waals surface area contributed by atoms with Crippen LogP contribution in [0.4, 0.5) is 0 Å². The lowest BCUT2D eigenvalue weighted by Gasteiger charge is -2.21. The van der Waals surface area contributed by atoms with Crippen LogP contribution in [0.3, 0.4) is 0 Å². The van der Waals surface area contributed by atoms with Gasteiger partial charge in [0.2, 0.25) is 0 Å². The van der Waals surface area contributed by atoms with E-state index < -0.39 is 0 Å². The Morgan fingerprint density at radius 2 is 2.25 bits per heavy atom. The predicted octanol–water partition coefficient (Wildman–Crippen LogP) is 3.63. The normalized spacial score (nSPS) is 19.2. The topological polar surface area (TPSA) is 29.9 Å². The second kappa shape index (κ2) is 5.70. The largest absolute Gasteiger partial charge is 0.316 e. The Bertz CT molecular complexity index is 612. The quantitative estimate of drug-likeness (QED) is 0.909. The molecule has 3 rings (SSSR count). The average molecular weight is 334 g/mol. The van der Waals surface area contributed by atoms with Gasteiger partial charge in [0.25, 0.3) is 0 Å². The van der Waals surface area contributed by atoms with Crippen molar-refractivity contribution in [1.29, 1.82) is 0 Å². The lowest BCUT2D eigenvalue weighted by molar-refractivity contribution is 0.450. The van der Waals surface area contributed by atoms with Gasteiger partial charge >= 0.3 is 0 Å². The molecule has 1 atom stereocenters. The first-order valence-electron chi connectivity index (χ1n) is 7.17. The number of hydrogen-bond acceptors (Lipinski definition) is 2. The van der Waals surface area contributed by atoms with Gasteiger partial charge in [0.05, 0.1) is 15.9 Å². The number of nitrogens with zero attached hydrogens (tertiary/aromatic N) is 2. The Labute approximate surface area is 128 Å². The van der Waals surface area contributed by atoms with Crippen LogP contribution in [0.5, 0.6) is 0 Å². The van der Waals surface area contributed by atoms with Crippen molar-refractivity contribution in [3.63, 3.8) is 0 Å². The summed E-state index contributed by atoms with van der Waals surface area (Å²) >= 11 is 3.79. The molecule has 2 aromatic rings. The molecule has 1 aromatic carbocycles. The summed E-state index contributed by atoms with van der Waals surface area (Å²) in [5, 5.41) is 8.24. The minimum atomic E-state index is 0.517. The van der Waals surface area contributed by atoms with Crippen molar-refractivity contribution in [2.45, 2.75) is 25.7 Å². The monoisotopic (exact) mass is 333 g/mol. The summed E-state index contributed by atoms with van der Waals surface area (Å²) in [4.78, 5) is 0. The molecule has 3 nitrogen and oxygen atoms in total. The zero-order valence-corrected chi connectivity index (χ0v) is 13.6. The van der Waals surface area contributed by atoms with Crippen LogP contribution >= 0.6 is 15.9 Å². The van der Waals surface area contributed by atoms with E-state index in [1.807, 2.05) is 11.7 Å². The van der Waals surface area contributed by atoms with E-state index in [1.165, 1.54) is 35.4 Å². The van der Waals surface area contributed by atoms with Crippen molar-refractivity contribution in [1.82, 2.24) is 15.1 Å². The van der Waals surface area contributed by atoms with Gasteiger partial charge in [-0.25, -0.2) is 0 Å². The number of piperidine rings is 1. The molecule has 0 radical (unpaired) electrons. The van der Waals surface area contributed by atoms with Gasteiger partial charge in [0.15, 0.2) is 0 Å². The van der Waals surface area contributed by atoms with Gasteiger partial charge in [-0.15, -0.1) is 0 Å². The summed E-state index contributed by atoms with van der Waals surface area (Å²) in [6.45, 7) is 4.29. The van der Waals surface area contributed by atoms with Crippen LogP contribution in [0.15, 0.2) is 28.7 Å². The number of benzene rings is 1. The van der Waals surface area contributed by atoms with E-state index >= 15 is 0 Å². The molecule has 4 heteroatoms. The molecule has 106 valence electrons. The van der Waals surface area contributed by atoms with Crippen LogP contribution in [0.25, 0.3) is 11.3 Å². The maximum atomic E-state index is 4.77. The third-order valence-corrected chi connectivity index (χ3v) is 4.77. The van der Waals surface area contributed by atoms with Crippen LogP contribution in [0.1, 0.15) is 30.0 Å². The smallest absolute Gasteiger partial charge is 0.0824 e. The van der Waals surface area contributed by atoms with E-state index in [0.717, 1.165) is 17.6 Å². The van der Waals surface area contributed by atoms with E-state index in [4.69, 9.17) is 5.10 Å². The van der Waals surface area contributed by atoms with E-state index in [-0.39, 0.29) is 0 Å². The summed E-state index contributed by atoms with van der Waals surface area (Å²) in [5.41, 5.74) is 4.86. The second-order valence-corrected chi connectivity index (χ2v) is 6.38. The molecule has 2 heterocycles. The molecule has 1 aliphatic heterocycles. The Kier molecular flexibility index (Phi) is 3.94. The molecule has 0 saturated carbocycles. The number of halogens is 1. The molecule has 0 aliphatic carbocycles. The van der Waals surface area contributed by atoms with Gasteiger partial charge < -0.3 is 5.32 Å². The number of aromatic nitrogens is 2. The van der Waals surface area contributed by atoms with Crippen molar-refractivity contribution >= 4 is 15.9 Å². The molecule has 1 saturated heterocycles. The average Bonchev–Trinajstić information content (AvgIpc) is 2.75. The molecule has 1 fully saturated rings. The third kappa shape index (κ3) is 2.54. The molecule has 20 heavy (non-hydrogen) atoms. The molecule has 0 spiro atoms. The summed E-state index contributed by atoms with van der Waals surface area (Å²) in [5.74, 6) is 0.517. The highest BCUT2D eigenvalue weighted by Gasteiger charge is 2.24. The highest BCUT2D eigenvalue weighted by atomic mass is 79.9. The van der Waals surface area contributed by atoms with E-state index in [9.17, 15) is 0 Å².